The Morgan fingerprint density at radius 1 is 1.48 bits per heavy atom. The van der Waals surface area contributed by atoms with Crippen LogP contribution in [0.15, 0.2) is 24.3 Å². The van der Waals surface area contributed by atoms with Crippen LogP contribution < -0.4 is 5.73 Å². The van der Waals surface area contributed by atoms with Crippen LogP contribution in [-0.2, 0) is 11.3 Å². The number of likely N-dealkylation sites (N-methyl/N-ethyl adjacent to an activating group) is 1. The van der Waals surface area contributed by atoms with E-state index >= 15 is 0 Å². The average Bonchev–Trinajstić information content (AvgIpc) is 2.48. The van der Waals surface area contributed by atoms with E-state index in [9.17, 15) is 9.18 Å². The van der Waals surface area contributed by atoms with Gasteiger partial charge < -0.3 is 10.6 Å². The summed E-state index contributed by atoms with van der Waals surface area (Å²) in [4.78, 5) is 16.5. The third-order valence-corrected chi connectivity index (χ3v) is 4.75. The van der Waals surface area contributed by atoms with E-state index < -0.39 is 0 Å². The first kappa shape index (κ1) is 17.9. The first-order valence-corrected chi connectivity index (χ1v) is 8.32. The number of piperidine rings is 1. The quantitative estimate of drug-likeness (QED) is 0.905. The van der Waals surface area contributed by atoms with Crippen LogP contribution in [0.25, 0.3) is 0 Å². The van der Waals surface area contributed by atoms with E-state index in [-0.39, 0.29) is 23.2 Å². The summed E-state index contributed by atoms with van der Waals surface area (Å²) < 4.78 is 13.3. The van der Waals surface area contributed by atoms with Crippen molar-refractivity contribution in [1.29, 1.82) is 0 Å². The lowest BCUT2D eigenvalue weighted by molar-refractivity contribution is -0.133. The van der Waals surface area contributed by atoms with Gasteiger partial charge in [-0.25, -0.2) is 4.39 Å². The van der Waals surface area contributed by atoms with Gasteiger partial charge in [-0.1, -0.05) is 26.0 Å². The van der Waals surface area contributed by atoms with Gasteiger partial charge in [0.15, 0.2) is 0 Å². The van der Waals surface area contributed by atoms with Gasteiger partial charge in [0, 0.05) is 32.2 Å². The Morgan fingerprint density at radius 2 is 2.22 bits per heavy atom. The van der Waals surface area contributed by atoms with Crippen molar-refractivity contribution in [3.8, 4) is 0 Å². The summed E-state index contributed by atoms with van der Waals surface area (Å²) in [5.74, 6) is -0.180. The molecule has 2 N–H and O–H groups in total. The third kappa shape index (κ3) is 4.75. The van der Waals surface area contributed by atoms with Gasteiger partial charge in [0.25, 0.3) is 0 Å². The van der Waals surface area contributed by atoms with Crippen molar-refractivity contribution in [1.82, 2.24) is 9.80 Å². The second-order valence-corrected chi connectivity index (χ2v) is 7.13. The molecule has 1 fully saturated rings. The standard InChI is InChI=1S/C18H28FN3O/c1-4-22(11-14-6-5-7-15(19)10-14)17(23)12-21-9-8-16(20)18(2,3)13-21/h5-7,10,16H,4,8-9,11-13,20H2,1-3H3. The number of nitrogens with two attached hydrogens (primary N) is 1. The first-order valence-electron chi connectivity index (χ1n) is 8.32. The lowest BCUT2D eigenvalue weighted by atomic mass is 9.80. The summed E-state index contributed by atoms with van der Waals surface area (Å²) in [6, 6.07) is 6.61. The van der Waals surface area contributed by atoms with Crippen molar-refractivity contribution in [2.45, 2.75) is 39.8 Å². The molecule has 4 nitrogen and oxygen atoms in total. The summed E-state index contributed by atoms with van der Waals surface area (Å²) in [6.45, 7) is 9.41. The van der Waals surface area contributed by atoms with E-state index in [1.807, 2.05) is 13.0 Å². The molecule has 1 aromatic carbocycles. The average molecular weight is 321 g/mol. The van der Waals surface area contributed by atoms with Crippen molar-refractivity contribution in [2.24, 2.45) is 11.1 Å². The molecule has 0 aromatic heterocycles. The van der Waals surface area contributed by atoms with Crippen LogP contribution in [0.5, 0.6) is 0 Å². The normalized spacial score (nSPS) is 21.2. The lowest BCUT2D eigenvalue weighted by Gasteiger charge is -2.42. The van der Waals surface area contributed by atoms with Crippen LogP contribution in [-0.4, -0.2) is 47.9 Å². The molecule has 0 spiro atoms. The lowest BCUT2D eigenvalue weighted by Crippen LogP contribution is -2.54. The second kappa shape index (κ2) is 7.41. The van der Waals surface area contributed by atoms with Gasteiger partial charge in [0.2, 0.25) is 5.91 Å². The van der Waals surface area contributed by atoms with Gasteiger partial charge >= 0.3 is 0 Å². The number of hydrogen-bond donors (Lipinski definition) is 1. The van der Waals surface area contributed by atoms with Gasteiger partial charge in [-0.2, -0.15) is 0 Å². The number of likely N-dealkylation sites (tertiary alicyclic amines) is 1. The number of amides is 1. The highest BCUT2D eigenvalue weighted by Gasteiger charge is 2.34. The molecule has 1 aliphatic rings. The zero-order valence-electron chi connectivity index (χ0n) is 14.4. The maximum absolute atomic E-state index is 13.3. The van der Waals surface area contributed by atoms with E-state index in [0.717, 1.165) is 25.1 Å². The first-order chi connectivity index (χ1) is 10.8. The number of benzene rings is 1. The Hall–Kier alpha value is -1.46. The van der Waals surface area contributed by atoms with Crippen molar-refractivity contribution in [3.63, 3.8) is 0 Å². The van der Waals surface area contributed by atoms with Gasteiger partial charge in [-0.3, -0.25) is 9.69 Å². The fourth-order valence-corrected chi connectivity index (χ4v) is 3.14. The van der Waals surface area contributed by atoms with Crippen LogP contribution in [0.4, 0.5) is 4.39 Å². The zero-order valence-corrected chi connectivity index (χ0v) is 14.4. The molecule has 0 bridgehead atoms. The maximum atomic E-state index is 13.3. The van der Waals surface area contributed by atoms with Crippen LogP contribution in [0.3, 0.4) is 0 Å². The second-order valence-electron chi connectivity index (χ2n) is 7.13. The minimum Gasteiger partial charge on any atom is -0.338 e. The van der Waals surface area contributed by atoms with Crippen LogP contribution >= 0.6 is 0 Å². The summed E-state index contributed by atoms with van der Waals surface area (Å²) in [5, 5.41) is 0. The Bertz CT molecular complexity index is 547. The topological polar surface area (TPSA) is 49.6 Å². The predicted octanol–water partition coefficient (Wildman–Crippen LogP) is 2.23. The minimum absolute atomic E-state index is 0.0259. The van der Waals surface area contributed by atoms with Crippen molar-refractivity contribution in [3.05, 3.63) is 35.6 Å². The van der Waals surface area contributed by atoms with E-state index in [0.29, 0.717) is 19.6 Å². The summed E-state index contributed by atoms with van der Waals surface area (Å²) in [7, 11) is 0. The molecule has 5 heteroatoms. The molecular weight excluding hydrogens is 293 g/mol. The van der Waals surface area contributed by atoms with Crippen molar-refractivity contribution in [2.75, 3.05) is 26.2 Å². The van der Waals surface area contributed by atoms with E-state index in [1.165, 1.54) is 12.1 Å². The molecule has 1 saturated heterocycles. The van der Waals surface area contributed by atoms with Gasteiger partial charge in [-0.15, -0.1) is 0 Å². The highest BCUT2D eigenvalue weighted by molar-refractivity contribution is 5.78. The SMILES string of the molecule is CCN(Cc1cccc(F)c1)C(=O)CN1CCC(N)C(C)(C)C1. The number of nitrogens with zero attached hydrogens (tertiary/aromatic N) is 2. The largest absolute Gasteiger partial charge is 0.338 e. The number of carbonyl (C=O) groups is 1. The van der Waals surface area contributed by atoms with Gasteiger partial charge in [0.1, 0.15) is 5.82 Å². The van der Waals surface area contributed by atoms with Gasteiger partial charge in [-0.05, 0) is 36.5 Å². The Labute approximate surface area is 138 Å². The monoisotopic (exact) mass is 321 g/mol. The van der Waals surface area contributed by atoms with E-state index in [1.54, 1.807) is 11.0 Å². The van der Waals surface area contributed by atoms with Crippen LogP contribution in [0, 0.1) is 11.2 Å². The Kier molecular flexibility index (Phi) is 5.76. The summed E-state index contributed by atoms with van der Waals surface area (Å²) >= 11 is 0. The Balaban J connectivity index is 1.95. The fraction of sp³-hybridized carbons (Fsp3) is 0.611. The number of carbonyl (C=O) groups excluding carboxylic acids is 1. The van der Waals surface area contributed by atoms with Crippen LogP contribution in [0.1, 0.15) is 32.8 Å². The molecule has 128 valence electrons. The molecule has 1 heterocycles. The molecule has 1 aromatic rings. The highest BCUT2D eigenvalue weighted by Crippen LogP contribution is 2.27. The highest BCUT2D eigenvalue weighted by atomic mass is 19.1. The summed E-state index contributed by atoms with van der Waals surface area (Å²) in [6.07, 6.45) is 0.913. The van der Waals surface area contributed by atoms with Crippen molar-refractivity contribution < 1.29 is 9.18 Å². The molecule has 1 unspecified atom stereocenters. The Morgan fingerprint density at radius 3 is 2.83 bits per heavy atom. The zero-order chi connectivity index (χ0) is 17.0. The molecule has 1 amide bonds. The van der Waals surface area contributed by atoms with Crippen molar-refractivity contribution >= 4 is 5.91 Å². The molecule has 0 saturated carbocycles. The van der Waals surface area contributed by atoms with E-state index in [2.05, 4.69) is 18.7 Å². The fourth-order valence-electron chi connectivity index (χ4n) is 3.14. The molecule has 1 atom stereocenters. The van der Waals surface area contributed by atoms with Gasteiger partial charge in [0.05, 0.1) is 6.54 Å². The van der Waals surface area contributed by atoms with Crippen LogP contribution in [0.2, 0.25) is 0 Å². The molecule has 1 aliphatic heterocycles. The third-order valence-electron chi connectivity index (χ3n) is 4.75. The molecule has 2 rings (SSSR count). The van der Waals surface area contributed by atoms with E-state index in [4.69, 9.17) is 5.73 Å². The number of rotatable bonds is 5. The number of halogens is 1. The minimum atomic E-state index is -0.266. The summed E-state index contributed by atoms with van der Waals surface area (Å²) in [5.41, 5.74) is 7.00. The molecule has 23 heavy (non-hydrogen) atoms. The molecule has 0 aliphatic carbocycles. The smallest absolute Gasteiger partial charge is 0.237 e. The number of hydrogen-bond acceptors (Lipinski definition) is 3. The molecular formula is C18H28FN3O. The maximum Gasteiger partial charge on any atom is 0.237 e. The predicted molar refractivity (Wildman–Crippen MR) is 90.3 cm³/mol. The molecule has 0 radical (unpaired) electrons.